The molecule has 1 amide bonds. The molecule has 0 aliphatic carbocycles. The number of carbonyl (C=O) groups is 1. The maximum Gasteiger partial charge on any atom is 0.249 e. The van der Waals surface area contributed by atoms with E-state index in [1.54, 1.807) is 0 Å². The molecule has 0 rings (SSSR count). The summed E-state index contributed by atoms with van der Waals surface area (Å²) < 4.78 is 0. The third-order valence-electron chi connectivity index (χ3n) is 14.3. The molecule has 0 saturated carbocycles. The largest absolute Gasteiger partial charge is 0.394 e. The van der Waals surface area contributed by atoms with Crippen molar-refractivity contribution in [1.82, 2.24) is 5.32 Å². The van der Waals surface area contributed by atoms with Crippen LogP contribution in [-0.4, -0.2) is 57.3 Å². The lowest BCUT2D eigenvalue weighted by Gasteiger charge is -2.27. The SMILES string of the molecule is CCCCCCCCCCCCCCCCCCCCCCCCCCCCCCCCCCC(O)C(=O)NC(CO)C(O)C(O)CCCCCCCCCCCCCCCCCC. The fourth-order valence-corrected chi connectivity index (χ4v) is 9.70. The highest BCUT2D eigenvalue weighted by atomic mass is 16.3. The molecule has 0 aromatic heterocycles. The van der Waals surface area contributed by atoms with E-state index in [2.05, 4.69) is 19.2 Å². The zero-order valence-corrected chi connectivity index (χ0v) is 43.6. The number of nitrogens with one attached hydrogen (secondary N) is 1. The third-order valence-corrected chi connectivity index (χ3v) is 14.3. The minimum atomic E-state index is -1.25. The van der Waals surface area contributed by atoms with E-state index in [9.17, 15) is 25.2 Å². The molecule has 6 heteroatoms. The van der Waals surface area contributed by atoms with Crippen molar-refractivity contribution in [1.29, 1.82) is 0 Å². The Labute approximate surface area is 400 Å². The average Bonchev–Trinajstić information content (AvgIpc) is 3.30. The topological polar surface area (TPSA) is 110 Å². The van der Waals surface area contributed by atoms with Crippen LogP contribution in [0.2, 0.25) is 0 Å². The summed E-state index contributed by atoms with van der Waals surface area (Å²) in [6, 6.07) is -0.980. The summed E-state index contributed by atoms with van der Waals surface area (Å²) in [6.07, 6.45) is 61.9. The van der Waals surface area contributed by atoms with Crippen LogP contribution >= 0.6 is 0 Å². The van der Waals surface area contributed by atoms with Crippen LogP contribution in [0.5, 0.6) is 0 Å². The van der Waals surface area contributed by atoms with E-state index in [0.717, 1.165) is 38.5 Å². The molecular formula is C58H117NO5. The molecule has 0 aliphatic rings. The molecule has 5 N–H and O–H groups in total. The van der Waals surface area contributed by atoms with Gasteiger partial charge in [0.15, 0.2) is 0 Å². The number of hydrogen-bond donors (Lipinski definition) is 5. The molecule has 0 saturated heterocycles. The molecule has 0 aromatic rings. The fraction of sp³-hybridized carbons (Fsp3) is 0.983. The van der Waals surface area contributed by atoms with E-state index in [1.807, 2.05) is 0 Å². The Morgan fingerprint density at radius 1 is 0.328 bits per heavy atom. The summed E-state index contributed by atoms with van der Waals surface area (Å²) in [5.74, 6) is -0.576. The first-order chi connectivity index (χ1) is 31.5. The van der Waals surface area contributed by atoms with Crippen molar-refractivity contribution < 1.29 is 25.2 Å². The number of amides is 1. The van der Waals surface area contributed by atoms with Gasteiger partial charge in [0.05, 0.1) is 18.8 Å². The molecule has 0 heterocycles. The number of aliphatic hydroxyl groups excluding tert-OH is 4. The van der Waals surface area contributed by atoms with Crippen LogP contribution in [0.15, 0.2) is 0 Å². The lowest BCUT2D eigenvalue weighted by Crippen LogP contribution is -2.53. The van der Waals surface area contributed by atoms with Gasteiger partial charge in [-0.1, -0.05) is 322 Å². The summed E-state index contributed by atoms with van der Waals surface area (Å²) in [6.45, 7) is 4.09. The highest BCUT2D eigenvalue weighted by Gasteiger charge is 2.28. The minimum absolute atomic E-state index is 0.376. The molecule has 0 radical (unpaired) electrons. The second-order valence-corrected chi connectivity index (χ2v) is 20.7. The normalized spacial score (nSPS) is 13.7. The molecule has 0 bridgehead atoms. The van der Waals surface area contributed by atoms with Gasteiger partial charge in [-0.05, 0) is 12.8 Å². The zero-order chi connectivity index (χ0) is 46.7. The van der Waals surface area contributed by atoms with Gasteiger partial charge >= 0.3 is 0 Å². The summed E-state index contributed by atoms with van der Waals surface area (Å²) in [7, 11) is 0. The Morgan fingerprint density at radius 3 is 0.750 bits per heavy atom. The van der Waals surface area contributed by atoms with E-state index in [0.29, 0.717) is 12.8 Å². The van der Waals surface area contributed by atoms with Crippen molar-refractivity contribution in [2.75, 3.05) is 6.61 Å². The molecule has 4 unspecified atom stereocenters. The molecular weight excluding hydrogens is 791 g/mol. The lowest BCUT2D eigenvalue weighted by molar-refractivity contribution is -0.132. The van der Waals surface area contributed by atoms with Gasteiger partial charge in [-0.15, -0.1) is 0 Å². The van der Waals surface area contributed by atoms with Crippen LogP contribution < -0.4 is 5.32 Å². The Bertz CT molecular complexity index is 887. The molecule has 0 spiro atoms. The van der Waals surface area contributed by atoms with Crippen molar-refractivity contribution in [3.05, 3.63) is 0 Å². The van der Waals surface area contributed by atoms with Gasteiger partial charge in [0.2, 0.25) is 5.91 Å². The molecule has 0 aliphatic heterocycles. The van der Waals surface area contributed by atoms with Gasteiger partial charge in [0.1, 0.15) is 12.2 Å². The summed E-state index contributed by atoms with van der Waals surface area (Å²) in [5, 5.41) is 44.0. The molecule has 0 aromatic carbocycles. The van der Waals surface area contributed by atoms with Crippen molar-refractivity contribution in [2.45, 2.75) is 359 Å². The Kier molecular flexibility index (Phi) is 52.7. The molecule has 64 heavy (non-hydrogen) atoms. The molecule has 0 fully saturated rings. The maximum absolute atomic E-state index is 12.6. The highest BCUT2D eigenvalue weighted by molar-refractivity contribution is 5.80. The second-order valence-electron chi connectivity index (χ2n) is 20.7. The van der Waals surface area contributed by atoms with Gasteiger partial charge in [0.25, 0.3) is 0 Å². The fourth-order valence-electron chi connectivity index (χ4n) is 9.70. The minimum Gasteiger partial charge on any atom is -0.394 e. The van der Waals surface area contributed by atoms with E-state index >= 15 is 0 Å². The van der Waals surface area contributed by atoms with Crippen LogP contribution in [0.25, 0.3) is 0 Å². The monoisotopic (exact) mass is 908 g/mol. The van der Waals surface area contributed by atoms with E-state index in [4.69, 9.17) is 0 Å². The Morgan fingerprint density at radius 2 is 0.531 bits per heavy atom. The highest BCUT2D eigenvalue weighted by Crippen LogP contribution is 2.19. The van der Waals surface area contributed by atoms with Crippen LogP contribution in [0.1, 0.15) is 335 Å². The van der Waals surface area contributed by atoms with Crippen molar-refractivity contribution in [3.63, 3.8) is 0 Å². The van der Waals surface area contributed by atoms with E-state index in [-0.39, 0.29) is 0 Å². The first kappa shape index (κ1) is 63.3. The third kappa shape index (κ3) is 46.4. The predicted molar refractivity (Wildman–Crippen MR) is 279 cm³/mol. The van der Waals surface area contributed by atoms with Gasteiger partial charge in [0, 0.05) is 0 Å². The number of rotatable bonds is 55. The number of aliphatic hydroxyl groups is 4. The summed E-state index contributed by atoms with van der Waals surface area (Å²) in [4.78, 5) is 12.6. The lowest BCUT2D eigenvalue weighted by atomic mass is 9.99. The zero-order valence-electron chi connectivity index (χ0n) is 43.6. The van der Waals surface area contributed by atoms with Gasteiger partial charge in [-0.2, -0.15) is 0 Å². The molecule has 4 atom stereocenters. The molecule has 6 nitrogen and oxygen atoms in total. The Balaban J connectivity index is 3.51. The van der Waals surface area contributed by atoms with Crippen LogP contribution in [0, 0.1) is 0 Å². The van der Waals surface area contributed by atoms with Crippen LogP contribution in [0.3, 0.4) is 0 Å². The van der Waals surface area contributed by atoms with Crippen LogP contribution in [-0.2, 0) is 4.79 Å². The summed E-state index contributed by atoms with van der Waals surface area (Å²) >= 11 is 0. The Hall–Kier alpha value is -0.690. The van der Waals surface area contributed by atoms with Gasteiger partial charge in [-0.3, -0.25) is 4.79 Å². The van der Waals surface area contributed by atoms with E-state index in [1.165, 1.54) is 270 Å². The quantitative estimate of drug-likeness (QED) is 0.0391. The van der Waals surface area contributed by atoms with Gasteiger partial charge < -0.3 is 25.7 Å². The maximum atomic E-state index is 12.6. The standard InChI is InChI=1S/C58H117NO5/c1-3-5-7-9-11-13-15-17-19-21-22-23-24-25-26-27-28-29-30-31-32-33-34-35-36-38-40-42-44-46-48-50-52-56(62)58(64)59-54(53-60)57(63)55(61)51-49-47-45-43-41-39-37-20-18-16-14-12-10-8-6-4-2/h54-57,60-63H,3-53H2,1-2H3,(H,59,64). The average molecular weight is 909 g/mol. The smallest absolute Gasteiger partial charge is 0.249 e. The molecule has 384 valence electrons. The number of carbonyl (C=O) groups excluding carboxylic acids is 1. The first-order valence-corrected chi connectivity index (χ1v) is 29.4. The van der Waals surface area contributed by atoms with E-state index < -0.39 is 36.9 Å². The van der Waals surface area contributed by atoms with Crippen molar-refractivity contribution in [2.24, 2.45) is 0 Å². The first-order valence-electron chi connectivity index (χ1n) is 29.4. The second kappa shape index (κ2) is 53.3. The van der Waals surface area contributed by atoms with Crippen LogP contribution in [0.4, 0.5) is 0 Å². The van der Waals surface area contributed by atoms with Crippen molar-refractivity contribution >= 4 is 5.91 Å². The van der Waals surface area contributed by atoms with Crippen molar-refractivity contribution in [3.8, 4) is 0 Å². The number of unbranched alkanes of at least 4 members (excludes halogenated alkanes) is 46. The predicted octanol–water partition coefficient (Wildman–Crippen LogP) is 17.1. The number of hydrogen-bond acceptors (Lipinski definition) is 5. The summed E-state index contributed by atoms with van der Waals surface area (Å²) in [5.41, 5.74) is 0. The van der Waals surface area contributed by atoms with Gasteiger partial charge in [-0.25, -0.2) is 0 Å².